The average molecular weight is 527 g/mol. The highest BCUT2D eigenvalue weighted by Gasteiger charge is 2.26. The summed E-state index contributed by atoms with van der Waals surface area (Å²) < 4.78 is 12.1. The largest absolute Gasteiger partial charge is 0.464 e. The number of benzene rings is 1. The van der Waals surface area contributed by atoms with Crippen LogP contribution in [0.5, 0.6) is 0 Å². The van der Waals surface area contributed by atoms with Gasteiger partial charge in [-0.15, -0.1) is 0 Å². The molecule has 2 aliphatic rings. The van der Waals surface area contributed by atoms with E-state index in [0.717, 1.165) is 73.4 Å². The Labute approximate surface area is 225 Å². The van der Waals surface area contributed by atoms with E-state index in [2.05, 4.69) is 32.0 Å². The van der Waals surface area contributed by atoms with Crippen molar-refractivity contribution in [2.45, 2.75) is 38.5 Å². The van der Waals surface area contributed by atoms with Gasteiger partial charge < -0.3 is 18.9 Å². The molecule has 0 saturated carbocycles. The summed E-state index contributed by atoms with van der Waals surface area (Å²) in [5.41, 5.74) is 6.43. The SMILES string of the molecule is COC(=O)c1cnc(-c2ncc3c(n2)CCCN3c2cc(C3CCOCC3)cc3c2cc(C)c(=O)n3C)cn1. The Kier molecular flexibility index (Phi) is 6.56. The van der Waals surface area contributed by atoms with Gasteiger partial charge in [-0.3, -0.25) is 4.79 Å². The molecule has 39 heavy (non-hydrogen) atoms. The summed E-state index contributed by atoms with van der Waals surface area (Å²) in [4.78, 5) is 44.8. The lowest BCUT2D eigenvalue weighted by molar-refractivity contribution is 0.0593. The molecule has 1 saturated heterocycles. The number of hydrogen-bond donors (Lipinski definition) is 0. The molecule has 1 fully saturated rings. The van der Waals surface area contributed by atoms with Gasteiger partial charge >= 0.3 is 5.97 Å². The van der Waals surface area contributed by atoms with Crippen LogP contribution < -0.4 is 10.5 Å². The predicted molar refractivity (Wildman–Crippen MR) is 146 cm³/mol. The molecule has 0 radical (unpaired) electrons. The number of anilines is 2. The molecule has 200 valence electrons. The number of esters is 1. The standard InChI is InChI=1S/C29H30N6O4/c1-17-11-20-24(34(2)28(17)36)12-19(18-6-9-39-10-7-18)13-25(20)35-8-4-5-21-26(35)16-32-27(33-21)22-14-31-23(15-30-22)29(37)38-3/h11-16,18H,4-10H2,1-3H3. The maximum Gasteiger partial charge on any atom is 0.358 e. The molecule has 2 aliphatic heterocycles. The Morgan fingerprint density at radius 3 is 2.62 bits per heavy atom. The highest BCUT2D eigenvalue weighted by atomic mass is 16.5. The Balaban J connectivity index is 1.45. The van der Waals surface area contributed by atoms with Crippen LogP contribution in [-0.2, 0) is 22.9 Å². The van der Waals surface area contributed by atoms with E-state index in [1.165, 1.54) is 25.1 Å². The van der Waals surface area contributed by atoms with Crippen LogP contribution in [0.25, 0.3) is 22.4 Å². The van der Waals surface area contributed by atoms with Crippen molar-refractivity contribution in [3.05, 3.63) is 69.7 Å². The molecule has 0 N–H and O–H groups in total. The minimum Gasteiger partial charge on any atom is -0.464 e. The van der Waals surface area contributed by atoms with Gasteiger partial charge in [0, 0.05) is 37.8 Å². The third-order valence-electron chi connectivity index (χ3n) is 7.71. The van der Waals surface area contributed by atoms with Crippen LogP contribution in [0.4, 0.5) is 11.4 Å². The molecular weight excluding hydrogens is 496 g/mol. The van der Waals surface area contributed by atoms with Crippen molar-refractivity contribution < 1.29 is 14.3 Å². The summed E-state index contributed by atoms with van der Waals surface area (Å²) in [5.74, 6) is 0.297. The minimum atomic E-state index is -0.543. The van der Waals surface area contributed by atoms with E-state index in [1.807, 2.05) is 26.2 Å². The molecular formula is C29H30N6O4. The highest BCUT2D eigenvalue weighted by Crippen LogP contribution is 2.40. The van der Waals surface area contributed by atoms with E-state index in [-0.39, 0.29) is 11.3 Å². The van der Waals surface area contributed by atoms with Crippen LogP contribution >= 0.6 is 0 Å². The topological polar surface area (TPSA) is 112 Å². The Bertz CT molecular complexity index is 1630. The van der Waals surface area contributed by atoms with Gasteiger partial charge in [-0.05, 0) is 62.3 Å². The van der Waals surface area contributed by atoms with Crippen molar-refractivity contribution in [1.82, 2.24) is 24.5 Å². The molecule has 0 amide bonds. The molecule has 1 aromatic carbocycles. The molecule has 0 spiro atoms. The van der Waals surface area contributed by atoms with E-state index in [0.29, 0.717) is 23.0 Å². The monoisotopic (exact) mass is 526 g/mol. The molecule has 6 rings (SSSR count). The van der Waals surface area contributed by atoms with Gasteiger partial charge in [0.15, 0.2) is 11.5 Å². The van der Waals surface area contributed by atoms with Crippen molar-refractivity contribution in [1.29, 1.82) is 0 Å². The fraction of sp³-hybridized carbons (Fsp3) is 0.379. The van der Waals surface area contributed by atoms with Crippen LogP contribution in [-0.4, -0.2) is 57.3 Å². The van der Waals surface area contributed by atoms with Gasteiger partial charge in [0.1, 0.15) is 5.69 Å². The third kappa shape index (κ3) is 4.54. The van der Waals surface area contributed by atoms with Crippen LogP contribution in [0.3, 0.4) is 0 Å². The number of carbonyl (C=O) groups is 1. The Morgan fingerprint density at radius 1 is 1.05 bits per heavy atom. The number of methoxy groups -OCH3 is 1. The van der Waals surface area contributed by atoms with Crippen molar-refractivity contribution in [3.63, 3.8) is 0 Å². The van der Waals surface area contributed by atoms with E-state index >= 15 is 0 Å². The number of aromatic nitrogens is 5. The first-order chi connectivity index (χ1) is 18.9. The first-order valence-electron chi connectivity index (χ1n) is 13.2. The van der Waals surface area contributed by atoms with Crippen molar-refractivity contribution in [2.24, 2.45) is 7.05 Å². The lowest BCUT2D eigenvalue weighted by Crippen LogP contribution is -2.27. The lowest BCUT2D eigenvalue weighted by atomic mass is 9.89. The zero-order valence-electron chi connectivity index (χ0n) is 22.3. The molecule has 10 nitrogen and oxygen atoms in total. The average Bonchev–Trinajstić information content (AvgIpc) is 2.99. The van der Waals surface area contributed by atoms with E-state index in [9.17, 15) is 9.59 Å². The summed E-state index contributed by atoms with van der Waals surface area (Å²) >= 11 is 0. The summed E-state index contributed by atoms with van der Waals surface area (Å²) in [7, 11) is 3.15. The number of pyridine rings is 1. The summed E-state index contributed by atoms with van der Waals surface area (Å²) in [6.07, 6.45) is 8.36. The quantitative estimate of drug-likeness (QED) is 0.366. The van der Waals surface area contributed by atoms with Crippen molar-refractivity contribution >= 4 is 28.2 Å². The fourth-order valence-corrected chi connectivity index (χ4v) is 5.58. The molecule has 0 aliphatic carbocycles. The number of ether oxygens (including phenoxy) is 2. The number of aryl methyl sites for hydroxylation is 3. The van der Waals surface area contributed by atoms with Gasteiger partial charge in [-0.25, -0.2) is 24.7 Å². The number of fused-ring (bicyclic) bond motifs is 2. The highest BCUT2D eigenvalue weighted by molar-refractivity contribution is 5.96. The first kappa shape index (κ1) is 25.1. The number of nitrogens with zero attached hydrogens (tertiary/aromatic N) is 6. The number of rotatable bonds is 4. The normalized spacial score (nSPS) is 15.8. The fourth-order valence-electron chi connectivity index (χ4n) is 5.58. The molecule has 0 atom stereocenters. The second-order valence-electron chi connectivity index (χ2n) is 10.1. The second-order valence-corrected chi connectivity index (χ2v) is 10.1. The maximum atomic E-state index is 12.9. The van der Waals surface area contributed by atoms with Gasteiger partial charge in [0.25, 0.3) is 5.56 Å². The van der Waals surface area contributed by atoms with Crippen molar-refractivity contribution in [3.8, 4) is 11.5 Å². The first-order valence-corrected chi connectivity index (χ1v) is 13.2. The van der Waals surface area contributed by atoms with E-state index < -0.39 is 5.97 Å². The zero-order chi connectivity index (χ0) is 27.1. The minimum absolute atomic E-state index is 0.0175. The molecule has 3 aromatic heterocycles. The third-order valence-corrected chi connectivity index (χ3v) is 7.71. The number of hydrogen-bond acceptors (Lipinski definition) is 9. The molecule has 5 heterocycles. The lowest BCUT2D eigenvalue weighted by Gasteiger charge is -2.33. The summed E-state index contributed by atoms with van der Waals surface area (Å²) in [5, 5.41) is 1.03. The van der Waals surface area contributed by atoms with Gasteiger partial charge in [0.05, 0.1) is 48.3 Å². The smallest absolute Gasteiger partial charge is 0.358 e. The van der Waals surface area contributed by atoms with E-state index in [1.54, 1.807) is 4.57 Å². The Hall–Kier alpha value is -4.18. The van der Waals surface area contributed by atoms with Crippen molar-refractivity contribution in [2.75, 3.05) is 31.8 Å². The zero-order valence-corrected chi connectivity index (χ0v) is 22.3. The van der Waals surface area contributed by atoms with Crippen LogP contribution in [0.15, 0.2) is 41.6 Å². The molecule has 4 aromatic rings. The number of carbonyl (C=O) groups excluding carboxylic acids is 1. The van der Waals surface area contributed by atoms with Crippen LogP contribution in [0.1, 0.15) is 52.5 Å². The van der Waals surface area contributed by atoms with Gasteiger partial charge in [-0.2, -0.15) is 0 Å². The van der Waals surface area contributed by atoms with Crippen LogP contribution in [0.2, 0.25) is 0 Å². The predicted octanol–water partition coefficient (Wildman–Crippen LogP) is 3.86. The maximum absolute atomic E-state index is 12.9. The summed E-state index contributed by atoms with van der Waals surface area (Å²) in [6, 6.07) is 6.46. The molecule has 10 heteroatoms. The van der Waals surface area contributed by atoms with E-state index in [4.69, 9.17) is 14.5 Å². The Morgan fingerprint density at radius 2 is 1.87 bits per heavy atom. The molecule has 0 unspecified atom stereocenters. The molecule has 0 bridgehead atoms. The van der Waals surface area contributed by atoms with Gasteiger partial charge in [0.2, 0.25) is 0 Å². The second kappa shape index (κ2) is 10.2. The van der Waals surface area contributed by atoms with Crippen LogP contribution in [0, 0.1) is 6.92 Å². The van der Waals surface area contributed by atoms with Gasteiger partial charge in [-0.1, -0.05) is 0 Å². The summed E-state index contributed by atoms with van der Waals surface area (Å²) in [6.45, 7) is 4.18.